The lowest BCUT2D eigenvalue weighted by Gasteiger charge is -2.09. The quantitative estimate of drug-likeness (QED) is 0.331. The van der Waals surface area contributed by atoms with E-state index in [1.807, 2.05) is 60.7 Å². The Labute approximate surface area is 153 Å². The molecule has 0 radical (unpaired) electrons. The second-order valence-electron chi connectivity index (χ2n) is 5.24. The summed E-state index contributed by atoms with van der Waals surface area (Å²) in [7, 11) is 0. The molecular formula is C21H21NO4. The van der Waals surface area contributed by atoms with E-state index in [1.165, 1.54) is 6.08 Å². The van der Waals surface area contributed by atoms with Gasteiger partial charge in [-0.2, -0.15) is 0 Å². The molecule has 0 saturated heterocycles. The first-order valence-electron chi connectivity index (χ1n) is 8.35. The van der Waals surface area contributed by atoms with Gasteiger partial charge < -0.3 is 9.47 Å². The van der Waals surface area contributed by atoms with Crippen molar-refractivity contribution < 1.29 is 19.1 Å². The van der Waals surface area contributed by atoms with Gasteiger partial charge in [-0.15, -0.1) is 0 Å². The zero-order valence-corrected chi connectivity index (χ0v) is 14.8. The lowest BCUT2D eigenvalue weighted by molar-refractivity contribution is -0.150. The first-order valence-corrected chi connectivity index (χ1v) is 8.35. The van der Waals surface area contributed by atoms with E-state index in [-0.39, 0.29) is 18.9 Å². The number of esters is 2. The summed E-state index contributed by atoms with van der Waals surface area (Å²) < 4.78 is 9.92. The van der Waals surface area contributed by atoms with Crippen molar-refractivity contribution in [1.29, 1.82) is 0 Å². The van der Waals surface area contributed by atoms with Crippen LogP contribution in [-0.4, -0.2) is 30.8 Å². The van der Waals surface area contributed by atoms with Crippen molar-refractivity contribution >= 4 is 17.7 Å². The van der Waals surface area contributed by atoms with Crippen LogP contribution in [0.1, 0.15) is 25.0 Å². The predicted octanol–water partition coefficient (Wildman–Crippen LogP) is 3.53. The Hall–Kier alpha value is -3.21. The molecule has 0 heterocycles. The summed E-state index contributed by atoms with van der Waals surface area (Å²) in [4.78, 5) is 28.2. The van der Waals surface area contributed by atoms with E-state index < -0.39 is 11.9 Å². The number of hydrogen-bond donors (Lipinski definition) is 0. The highest BCUT2D eigenvalue weighted by molar-refractivity contribution is 6.13. The average Bonchev–Trinajstić information content (AvgIpc) is 2.68. The van der Waals surface area contributed by atoms with Gasteiger partial charge >= 0.3 is 11.9 Å². The number of carbonyl (C=O) groups is 2. The SMILES string of the molecule is C/C=C(/OC(=O)CN=C(c1ccccc1)c1ccccc1)C(=O)OCC. The lowest BCUT2D eigenvalue weighted by Crippen LogP contribution is -2.17. The molecule has 0 aliphatic rings. The number of allylic oxidation sites excluding steroid dienone is 1. The molecule has 2 rings (SSSR count). The molecule has 0 aliphatic carbocycles. The molecule has 0 bridgehead atoms. The molecule has 0 aliphatic heterocycles. The minimum atomic E-state index is -0.668. The molecule has 0 aromatic heterocycles. The molecule has 2 aromatic carbocycles. The van der Waals surface area contributed by atoms with Crippen LogP contribution in [0.2, 0.25) is 0 Å². The third kappa shape index (κ3) is 5.41. The van der Waals surface area contributed by atoms with E-state index in [4.69, 9.17) is 9.47 Å². The smallest absolute Gasteiger partial charge is 0.374 e. The Morgan fingerprint density at radius 2 is 1.50 bits per heavy atom. The first kappa shape index (κ1) is 19.1. The highest BCUT2D eigenvalue weighted by Gasteiger charge is 2.16. The summed E-state index contributed by atoms with van der Waals surface area (Å²) in [6.45, 7) is 3.28. The fourth-order valence-corrected chi connectivity index (χ4v) is 2.26. The van der Waals surface area contributed by atoms with E-state index in [2.05, 4.69) is 4.99 Å². The number of nitrogens with zero attached hydrogens (tertiary/aromatic N) is 1. The van der Waals surface area contributed by atoms with Crippen molar-refractivity contribution in [3.05, 3.63) is 83.6 Å². The maximum atomic E-state index is 12.1. The van der Waals surface area contributed by atoms with E-state index in [1.54, 1.807) is 13.8 Å². The van der Waals surface area contributed by atoms with Gasteiger partial charge in [-0.05, 0) is 19.9 Å². The Kier molecular flexibility index (Phi) is 7.31. The van der Waals surface area contributed by atoms with E-state index in [0.29, 0.717) is 5.71 Å². The summed E-state index contributed by atoms with van der Waals surface area (Å²) in [5.41, 5.74) is 2.47. The van der Waals surface area contributed by atoms with Gasteiger partial charge in [-0.1, -0.05) is 60.7 Å². The van der Waals surface area contributed by atoms with E-state index in [0.717, 1.165) is 11.1 Å². The highest BCUT2D eigenvalue weighted by atomic mass is 16.6. The highest BCUT2D eigenvalue weighted by Crippen LogP contribution is 2.11. The molecule has 0 saturated carbocycles. The number of hydrogen-bond acceptors (Lipinski definition) is 5. The molecule has 0 spiro atoms. The number of benzene rings is 2. The van der Waals surface area contributed by atoms with Gasteiger partial charge in [0.15, 0.2) is 0 Å². The topological polar surface area (TPSA) is 65.0 Å². The second kappa shape index (κ2) is 9.93. The zero-order chi connectivity index (χ0) is 18.8. The van der Waals surface area contributed by atoms with Crippen LogP contribution in [0.4, 0.5) is 0 Å². The maximum absolute atomic E-state index is 12.1. The van der Waals surface area contributed by atoms with Gasteiger partial charge in [-0.3, -0.25) is 4.99 Å². The van der Waals surface area contributed by atoms with Gasteiger partial charge in [0.05, 0.1) is 12.3 Å². The van der Waals surface area contributed by atoms with Crippen LogP contribution < -0.4 is 0 Å². The van der Waals surface area contributed by atoms with E-state index >= 15 is 0 Å². The maximum Gasteiger partial charge on any atom is 0.374 e. The van der Waals surface area contributed by atoms with Crippen LogP contribution in [0, 0.1) is 0 Å². The van der Waals surface area contributed by atoms with Crippen molar-refractivity contribution in [2.24, 2.45) is 4.99 Å². The van der Waals surface area contributed by atoms with Gasteiger partial charge in [0.1, 0.15) is 6.54 Å². The summed E-state index contributed by atoms with van der Waals surface area (Å²) >= 11 is 0. The summed E-state index contributed by atoms with van der Waals surface area (Å²) in [5, 5.41) is 0. The molecule has 2 aromatic rings. The summed E-state index contributed by atoms with van der Waals surface area (Å²) in [6.07, 6.45) is 1.40. The normalized spacial score (nSPS) is 10.8. The van der Waals surface area contributed by atoms with Gasteiger partial charge in [-0.25, -0.2) is 9.59 Å². The minimum Gasteiger partial charge on any atom is -0.460 e. The standard InChI is InChI=1S/C21H21NO4/c1-3-18(21(24)25-4-2)26-19(23)15-22-20(16-11-7-5-8-12-16)17-13-9-6-10-14-17/h3,5-14H,4,15H2,1-2H3/b18-3+. The fraction of sp³-hybridized carbons (Fsp3) is 0.190. The molecule has 0 atom stereocenters. The Morgan fingerprint density at radius 1 is 0.962 bits per heavy atom. The monoisotopic (exact) mass is 351 g/mol. The minimum absolute atomic E-state index is 0.131. The van der Waals surface area contributed by atoms with Crippen molar-refractivity contribution in [1.82, 2.24) is 0 Å². The van der Waals surface area contributed by atoms with Crippen LogP contribution >= 0.6 is 0 Å². The summed E-state index contributed by atoms with van der Waals surface area (Å²) in [5.74, 6) is -1.43. The molecule has 5 nitrogen and oxygen atoms in total. The lowest BCUT2D eigenvalue weighted by atomic mass is 10.0. The number of aliphatic imine (C=N–C) groups is 1. The molecular weight excluding hydrogens is 330 g/mol. The van der Waals surface area contributed by atoms with Gasteiger partial charge in [0.2, 0.25) is 5.76 Å². The second-order valence-corrected chi connectivity index (χ2v) is 5.24. The van der Waals surface area contributed by atoms with Crippen molar-refractivity contribution in [2.75, 3.05) is 13.2 Å². The Bertz CT molecular complexity index is 754. The van der Waals surface area contributed by atoms with Crippen molar-refractivity contribution in [3.63, 3.8) is 0 Å². The number of rotatable bonds is 7. The van der Waals surface area contributed by atoms with Crippen LogP contribution in [0.5, 0.6) is 0 Å². The molecule has 5 heteroatoms. The largest absolute Gasteiger partial charge is 0.460 e. The Balaban J connectivity index is 2.18. The van der Waals surface area contributed by atoms with Crippen LogP contribution in [0.25, 0.3) is 0 Å². The molecule has 0 unspecified atom stereocenters. The third-order valence-electron chi connectivity index (χ3n) is 3.42. The average molecular weight is 351 g/mol. The molecule has 0 amide bonds. The van der Waals surface area contributed by atoms with Crippen LogP contribution in [0.15, 0.2) is 77.5 Å². The predicted molar refractivity (Wildman–Crippen MR) is 99.9 cm³/mol. The fourth-order valence-electron chi connectivity index (χ4n) is 2.26. The summed E-state index contributed by atoms with van der Waals surface area (Å²) in [6, 6.07) is 19.2. The first-order chi connectivity index (χ1) is 12.7. The van der Waals surface area contributed by atoms with Gasteiger partial charge in [0, 0.05) is 11.1 Å². The number of carbonyl (C=O) groups excluding carboxylic acids is 2. The van der Waals surface area contributed by atoms with Crippen LogP contribution in [-0.2, 0) is 19.1 Å². The van der Waals surface area contributed by atoms with Crippen LogP contribution in [0.3, 0.4) is 0 Å². The molecule has 0 fully saturated rings. The zero-order valence-electron chi connectivity index (χ0n) is 14.8. The van der Waals surface area contributed by atoms with Crippen molar-refractivity contribution in [2.45, 2.75) is 13.8 Å². The third-order valence-corrected chi connectivity index (χ3v) is 3.42. The van der Waals surface area contributed by atoms with Gasteiger partial charge in [0.25, 0.3) is 0 Å². The van der Waals surface area contributed by atoms with Crippen molar-refractivity contribution in [3.8, 4) is 0 Å². The van der Waals surface area contributed by atoms with E-state index in [9.17, 15) is 9.59 Å². The Morgan fingerprint density at radius 3 is 1.96 bits per heavy atom. The number of ether oxygens (including phenoxy) is 2. The molecule has 134 valence electrons. The molecule has 0 N–H and O–H groups in total. The molecule has 26 heavy (non-hydrogen) atoms.